The zero-order valence-electron chi connectivity index (χ0n) is 18.5. The number of amides is 1. The first-order chi connectivity index (χ1) is 14.8. The van der Waals surface area contributed by atoms with Gasteiger partial charge in [0, 0.05) is 22.6 Å². The van der Waals surface area contributed by atoms with Gasteiger partial charge in [-0.25, -0.2) is 19.0 Å². The van der Waals surface area contributed by atoms with Crippen LogP contribution in [0.15, 0.2) is 30.3 Å². The lowest BCUT2D eigenvalue weighted by atomic mass is 9.87. The molecule has 2 heterocycles. The maximum Gasteiger partial charge on any atom is 0.251 e. The molecule has 2 aromatic heterocycles. The Balaban J connectivity index is 1.58. The van der Waals surface area contributed by atoms with Gasteiger partial charge in [-0.05, 0) is 64.3 Å². The number of carbonyl (C=O) groups is 1. The zero-order chi connectivity index (χ0) is 22.2. The minimum atomic E-state index is -0.431. The lowest BCUT2D eigenvalue weighted by Gasteiger charge is -2.31. The maximum absolute atomic E-state index is 13.4. The third kappa shape index (κ3) is 4.22. The number of aryl methyl sites for hydroxylation is 3. The Hall–Kier alpha value is -3.09. The molecule has 162 valence electrons. The first kappa shape index (κ1) is 21.2. The molecule has 0 spiro atoms. The molecular weight excluding hydrogens is 393 g/mol. The predicted molar refractivity (Wildman–Crippen MR) is 116 cm³/mol. The van der Waals surface area contributed by atoms with Gasteiger partial charge in [0.25, 0.3) is 5.95 Å². The van der Waals surface area contributed by atoms with Crippen molar-refractivity contribution >= 4 is 5.91 Å². The molecule has 0 unspecified atom stereocenters. The Morgan fingerprint density at radius 3 is 2.29 bits per heavy atom. The summed E-state index contributed by atoms with van der Waals surface area (Å²) in [4.78, 5) is 22.1. The van der Waals surface area contributed by atoms with Gasteiger partial charge in [0.15, 0.2) is 0 Å². The lowest BCUT2D eigenvalue weighted by molar-refractivity contribution is -0.122. The number of halogens is 1. The van der Waals surface area contributed by atoms with Crippen molar-refractivity contribution in [3.8, 4) is 5.95 Å². The van der Waals surface area contributed by atoms with E-state index in [0.29, 0.717) is 5.95 Å². The van der Waals surface area contributed by atoms with E-state index >= 15 is 0 Å². The van der Waals surface area contributed by atoms with Crippen LogP contribution in [0.3, 0.4) is 0 Å². The first-order valence-corrected chi connectivity index (χ1v) is 10.7. The van der Waals surface area contributed by atoms with Crippen molar-refractivity contribution in [1.29, 1.82) is 0 Å². The minimum absolute atomic E-state index is 0.0571. The molecule has 0 atom stereocenters. The second-order valence-electron chi connectivity index (χ2n) is 8.53. The highest BCUT2D eigenvalue weighted by Gasteiger charge is 2.37. The van der Waals surface area contributed by atoms with Crippen molar-refractivity contribution < 1.29 is 9.18 Å². The van der Waals surface area contributed by atoms with Crippen LogP contribution in [0.25, 0.3) is 5.95 Å². The zero-order valence-corrected chi connectivity index (χ0v) is 18.5. The molecule has 4 rings (SSSR count). The van der Waals surface area contributed by atoms with Gasteiger partial charge in [-0.2, -0.15) is 5.10 Å². The summed E-state index contributed by atoms with van der Waals surface area (Å²) >= 11 is 0. The van der Waals surface area contributed by atoms with Crippen LogP contribution in [0, 0.1) is 33.5 Å². The van der Waals surface area contributed by atoms with E-state index in [0.717, 1.165) is 59.6 Å². The van der Waals surface area contributed by atoms with Gasteiger partial charge in [-0.3, -0.25) is 4.79 Å². The van der Waals surface area contributed by atoms with Crippen molar-refractivity contribution in [2.45, 2.75) is 65.3 Å². The highest BCUT2D eigenvalue weighted by atomic mass is 19.1. The summed E-state index contributed by atoms with van der Waals surface area (Å²) in [7, 11) is 0. The van der Waals surface area contributed by atoms with Gasteiger partial charge < -0.3 is 5.32 Å². The van der Waals surface area contributed by atoms with Crippen LogP contribution in [0.4, 0.5) is 4.39 Å². The standard InChI is InChI=1S/C24H28FN5O/c1-15-13-16(2)27-23(26-15)30-18(4)21(17(3)29-30)14-22(31)28-24(11-5-6-12-24)19-7-9-20(25)10-8-19/h7-10,13H,5-6,11-12,14H2,1-4H3,(H,28,31). The van der Waals surface area contributed by atoms with Crippen molar-refractivity contribution in [2.24, 2.45) is 0 Å². The Bertz CT molecular complexity index is 1090. The van der Waals surface area contributed by atoms with Crippen LogP contribution >= 0.6 is 0 Å². The van der Waals surface area contributed by atoms with E-state index in [-0.39, 0.29) is 18.1 Å². The maximum atomic E-state index is 13.4. The summed E-state index contributed by atoms with van der Waals surface area (Å²) in [5.74, 6) is 0.192. The van der Waals surface area contributed by atoms with Crippen LogP contribution in [-0.4, -0.2) is 25.7 Å². The molecule has 1 saturated carbocycles. The molecule has 1 N–H and O–H groups in total. The second-order valence-corrected chi connectivity index (χ2v) is 8.53. The number of hydrogen-bond donors (Lipinski definition) is 1. The van der Waals surface area contributed by atoms with E-state index in [9.17, 15) is 9.18 Å². The third-order valence-corrected chi connectivity index (χ3v) is 6.17. The lowest BCUT2D eigenvalue weighted by Crippen LogP contribution is -2.44. The van der Waals surface area contributed by atoms with Crippen LogP contribution in [0.1, 0.15) is 59.6 Å². The van der Waals surface area contributed by atoms with E-state index < -0.39 is 5.54 Å². The molecule has 0 aliphatic heterocycles. The van der Waals surface area contributed by atoms with Crippen LogP contribution in [-0.2, 0) is 16.8 Å². The summed E-state index contributed by atoms with van der Waals surface area (Å²) in [6.45, 7) is 7.69. The van der Waals surface area contributed by atoms with Gasteiger partial charge in [0.05, 0.1) is 17.7 Å². The SMILES string of the molecule is Cc1cc(C)nc(-n2nc(C)c(CC(=O)NC3(c4ccc(F)cc4)CCCC3)c2C)n1. The smallest absolute Gasteiger partial charge is 0.251 e. The van der Waals surface area contributed by atoms with E-state index in [1.165, 1.54) is 12.1 Å². The van der Waals surface area contributed by atoms with E-state index in [1.54, 1.807) is 16.8 Å². The van der Waals surface area contributed by atoms with Crippen molar-refractivity contribution in [3.05, 3.63) is 70.1 Å². The molecule has 31 heavy (non-hydrogen) atoms. The molecule has 1 aromatic carbocycles. The summed E-state index contributed by atoms with van der Waals surface area (Å²) in [5.41, 5.74) is 4.81. The highest BCUT2D eigenvalue weighted by Crippen LogP contribution is 2.39. The van der Waals surface area contributed by atoms with Gasteiger partial charge in [-0.15, -0.1) is 0 Å². The Labute approximate surface area is 181 Å². The summed E-state index contributed by atoms with van der Waals surface area (Å²) < 4.78 is 15.1. The monoisotopic (exact) mass is 421 g/mol. The van der Waals surface area contributed by atoms with Crippen molar-refractivity contribution in [1.82, 2.24) is 25.1 Å². The van der Waals surface area contributed by atoms with E-state index in [1.807, 2.05) is 33.8 Å². The first-order valence-electron chi connectivity index (χ1n) is 10.7. The summed E-state index contributed by atoms with van der Waals surface area (Å²) in [6.07, 6.45) is 4.02. The third-order valence-electron chi connectivity index (χ3n) is 6.17. The van der Waals surface area contributed by atoms with Crippen molar-refractivity contribution in [2.75, 3.05) is 0 Å². The van der Waals surface area contributed by atoms with Gasteiger partial charge in [0.2, 0.25) is 5.91 Å². The number of nitrogens with zero attached hydrogens (tertiary/aromatic N) is 4. The fourth-order valence-electron chi connectivity index (χ4n) is 4.63. The van der Waals surface area contributed by atoms with Crippen LogP contribution in [0.5, 0.6) is 0 Å². The van der Waals surface area contributed by atoms with Crippen molar-refractivity contribution in [3.63, 3.8) is 0 Å². The number of hydrogen-bond acceptors (Lipinski definition) is 4. The fourth-order valence-corrected chi connectivity index (χ4v) is 4.63. The second kappa shape index (κ2) is 8.21. The fraction of sp³-hybridized carbons (Fsp3) is 0.417. The quantitative estimate of drug-likeness (QED) is 0.671. The predicted octanol–water partition coefficient (Wildman–Crippen LogP) is 4.16. The average molecular weight is 422 g/mol. The normalized spacial score (nSPS) is 15.3. The molecule has 6 nitrogen and oxygen atoms in total. The summed E-state index contributed by atoms with van der Waals surface area (Å²) in [6, 6.07) is 8.41. The number of nitrogens with one attached hydrogen (secondary N) is 1. The van der Waals surface area contributed by atoms with Crippen LogP contribution < -0.4 is 5.32 Å². The molecule has 0 saturated heterocycles. The Morgan fingerprint density at radius 2 is 1.68 bits per heavy atom. The van der Waals surface area contributed by atoms with Gasteiger partial charge in [0.1, 0.15) is 5.82 Å². The Morgan fingerprint density at radius 1 is 1.06 bits per heavy atom. The molecule has 1 aliphatic rings. The average Bonchev–Trinajstić information content (AvgIpc) is 3.28. The highest BCUT2D eigenvalue weighted by molar-refractivity contribution is 5.80. The molecular formula is C24H28FN5O. The minimum Gasteiger partial charge on any atom is -0.346 e. The molecule has 0 bridgehead atoms. The molecule has 3 aromatic rings. The molecule has 7 heteroatoms. The summed E-state index contributed by atoms with van der Waals surface area (Å²) in [5, 5.41) is 7.87. The van der Waals surface area contributed by atoms with E-state index in [2.05, 4.69) is 20.4 Å². The Kier molecular flexibility index (Phi) is 5.60. The molecule has 1 fully saturated rings. The van der Waals surface area contributed by atoms with Gasteiger partial charge in [-0.1, -0.05) is 25.0 Å². The molecule has 0 radical (unpaired) electrons. The number of aromatic nitrogens is 4. The molecule has 1 aliphatic carbocycles. The number of benzene rings is 1. The van der Waals surface area contributed by atoms with E-state index in [4.69, 9.17) is 0 Å². The topological polar surface area (TPSA) is 72.7 Å². The van der Waals surface area contributed by atoms with Gasteiger partial charge >= 0.3 is 0 Å². The largest absolute Gasteiger partial charge is 0.346 e. The molecule has 1 amide bonds. The number of rotatable bonds is 5. The number of carbonyl (C=O) groups excluding carboxylic acids is 1. The van der Waals surface area contributed by atoms with Crippen LogP contribution in [0.2, 0.25) is 0 Å².